The number of carboxylic acids is 1. The molecule has 0 radical (unpaired) electrons. The van der Waals surface area contributed by atoms with Gasteiger partial charge < -0.3 is 41.3 Å². The second-order valence-electron chi connectivity index (χ2n) is 8.93. The molecule has 2 unspecified atom stereocenters. The van der Waals surface area contributed by atoms with Gasteiger partial charge in [-0.05, 0) is 44.5 Å². The standard InChI is InChI=1S/C22H32N4O8/c1-10(2)15-19(31)26-18(21(33)24-9-14(28)29)22(3,4)34-13-8-11(6-7-12(13)27)17(30)16(23-5)20(32)25-15/h6-8,10,15-18,23,27,30H,9H2,1-5H3,(H,24,33)(H,25,32)(H,26,31)(H,28,29)/t15?,16?,17-,18-/m1/s1. The van der Waals surface area contributed by atoms with E-state index in [-0.39, 0.29) is 17.1 Å². The lowest BCUT2D eigenvalue weighted by Crippen LogP contribution is -2.64. The fraction of sp³-hybridized carbons (Fsp3) is 0.545. The van der Waals surface area contributed by atoms with Gasteiger partial charge in [-0.2, -0.15) is 0 Å². The number of nitrogens with one attached hydrogen (secondary N) is 4. The van der Waals surface area contributed by atoms with Crippen molar-refractivity contribution in [2.24, 2.45) is 5.92 Å². The van der Waals surface area contributed by atoms with Gasteiger partial charge in [0.05, 0.1) is 0 Å². The van der Waals surface area contributed by atoms with Crippen LogP contribution in [0.1, 0.15) is 39.4 Å². The second-order valence-corrected chi connectivity index (χ2v) is 8.93. The SMILES string of the molecule is CNC1C(=O)NC(C(C)C)C(=O)N[C@H](C(=O)NCC(=O)O)C(C)(C)Oc2cc(ccc2O)[C@H]1O. The summed E-state index contributed by atoms with van der Waals surface area (Å²) in [5.41, 5.74) is -1.26. The van der Waals surface area contributed by atoms with E-state index in [2.05, 4.69) is 21.3 Å². The van der Waals surface area contributed by atoms with Gasteiger partial charge in [0.1, 0.15) is 36.4 Å². The molecule has 188 valence electrons. The van der Waals surface area contributed by atoms with Crippen molar-refractivity contribution >= 4 is 23.7 Å². The molecule has 7 N–H and O–H groups in total. The number of ether oxygens (including phenoxy) is 1. The number of fused-ring (bicyclic) bond motifs is 2. The highest BCUT2D eigenvalue weighted by molar-refractivity contribution is 5.94. The van der Waals surface area contributed by atoms with Crippen LogP contribution < -0.4 is 26.0 Å². The number of aromatic hydroxyl groups is 1. The van der Waals surface area contributed by atoms with Crippen molar-refractivity contribution in [3.05, 3.63) is 23.8 Å². The molecule has 0 spiro atoms. The molecule has 3 amide bonds. The molecule has 34 heavy (non-hydrogen) atoms. The molecule has 2 bridgehead atoms. The molecule has 1 heterocycles. The molecule has 1 aliphatic heterocycles. The first-order chi connectivity index (χ1) is 15.8. The lowest BCUT2D eigenvalue weighted by atomic mass is 9.95. The second kappa shape index (κ2) is 10.7. The van der Waals surface area contributed by atoms with Gasteiger partial charge in [0.25, 0.3) is 0 Å². The highest BCUT2D eigenvalue weighted by atomic mass is 16.5. The number of phenols is 1. The molecule has 4 atom stereocenters. The van der Waals surface area contributed by atoms with Crippen LogP contribution in [0.5, 0.6) is 11.5 Å². The Bertz CT molecular complexity index is 949. The Kier molecular flexibility index (Phi) is 8.46. The summed E-state index contributed by atoms with van der Waals surface area (Å²) in [6, 6.07) is 0.367. The molecule has 0 saturated heterocycles. The first-order valence-corrected chi connectivity index (χ1v) is 10.8. The maximum absolute atomic E-state index is 13.2. The summed E-state index contributed by atoms with van der Waals surface area (Å²) in [4.78, 5) is 50.0. The third-order valence-electron chi connectivity index (χ3n) is 5.51. The Hall–Kier alpha value is -3.38. The quantitative estimate of drug-likeness (QED) is 0.278. The van der Waals surface area contributed by atoms with Crippen LogP contribution in [-0.2, 0) is 19.2 Å². The van der Waals surface area contributed by atoms with E-state index in [9.17, 15) is 29.4 Å². The number of amides is 3. The van der Waals surface area contributed by atoms with E-state index < -0.39 is 66.0 Å². The predicted octanol–water partition coefficient (Wildman–Crippen LogP) is -0.989. The summed E-state index contributed by atoms with van der Waals surface area (Å²) >= 11 is 0. The van der Waals surface area contributed by atoms with Crippen LogP contribution in [-0.4, -0.2) is 76.3 Å². The highest BCUT2D eigenvalue weighted by Crippen LogP contribution is 2.34. The van der Waals surface area contributed by atoms with Crippen molar-refractivity contribution in [3.63, 3.8) is 0 Å². The molecule has 1 aliphatic rings. The first kappa shape index (κ1) is 26.9. The minimum absolute atomic E-state index is 0.109. The van der Waals surface area contributed by atoms with Crippen molar-refractivity contribution in [2.45, 2.75) is 57.5 Å². The molecule has 1 aromatic rings. The van der Waals surface area contributed by atoms with E-state index in [1.807, 2.05) is 0 Å². The van der Waals surface area contributed by atoms with Gasteiger partial charge in [0, 0.05) is 0 Å². The van der Waals surface area contributed by atoms with Crippen molar-refractivity contribution in [1.29, 1.82) is 0 Å². The molecule has 2 rings (SSSR count). The molecule has 0 aromatic heterocycles. The number of rotatable bonds is 5. The van der Waals surface area contributed by atoms with Crippen LogP contribution in [0.3, 0.4) is 0 Å². The van der Waals surface area contributed by atoms with Crippen LogP contribution in [0.2, 0.25) is 0 Å². The Balaban J connectivity index is 2.61. The molecule has 1 aromatic carbocycles. The van der Waals surface area contributed by atoms with E-state index in [0.717, 1.165) is 0 Å². The van der Waals surface area contributed by atoms with E-state index in [1.54, 1.807) is 13.8 Å². The molecule has 0 aliphatic carbocycles. The van der Waals surface area contributed by atoms with Crippen LogP contribution >= 0.6 is 0 Å². The Morgan fingerprint density at radius 1 is 1.18 bits per heavy atom. The van der Waals surface area contributed by atoms with Crippen LogP contribution in [0.4, 0.5) is 0 Å². The predicted molar refractivity (Wildman–Crippen MR) is 120 cm³/mol. The largest absolute Gasteiger partial charge is 0.504 e. The number of aliphatic hydroxyl groups is 1. The van der Waals surface area contributed by atoms with Crippen molar-refractivity contribution in [2.75, 3.05) is 13.6 Å². The normalized spacial score (nSPS) is 25.0. The van der Waals surface area contributed by atoms with E-state index in [1.165, 1.54) is 39.1 Å². The van der Waals surface area contributed by atoms with Gasteiger partial charge in [-0.3, -0.25) is 19.2 Å². The van der Waals surface area contributed by atoms with Crippen molar-refractivity contribution in [3.8, 4) is 11.5 Å². The zero-order chi connectivity index (χ0) is 25.8. The average Bonchev–Trinajstić information content (AvgIpc) is 2.74. The Labute approximate surface area is 197 Å². The number of hydrogen-bond donors (Lipinski definition) is 7. The minimum atomic E-state index is -1.50. The van der Waals surface area contributed by atoms with Gasteiger partial charge in [0.15, 0.2) is 11.5 Å². The average molecular weight is 481 g/mol. The summed E-state index contributed by atoms with van der Waals surface area (Å²) < 4.78 is 5.91. The van der Waals surface area contributed by atoms with Gasteiger partial charge in [-0.1, -0.05) is 19.9 Å². The number of likely N-dealkylation sites (N-methyl/N-ethyl adjacent to an activating group) is 1. The third kappa shape index (κ3) is 6.14. The number of carbonyl (C=O) groups is 4. The molecular formula is C22H32N4O8. The summed E-state index contributed by atoms with van der Waals surface area (Å²) in [6.07, 6.45) is -1.36. The summed E-state index contributed by atoms with van der Waals surface area (Å²) in [5.74, 6) is -4.32. The molecular weight excluding hydrogens is 448 g/mol. The lowest BCUT2D eigenvalue weighted by Gasteiger charge is -2.35. The Morgan fingerprint density at radius 3 is 2.38 bits per heavy atom. The van der Waals surface area contributed by atoms with Gasteiger partial charge in [-0.15, -0.1) is 0 Å². The van der Waals surface area contributed by atoms with Crippen molar-refractivity contribution in [1.82, 2.24) is 21.3 Å². The van der Waals surface area contributed by atoms with Crippen LogP contribution in [0.15, 0.2) is 18.2 Å². The number of hydrogen-bond acceptors (Lipinski definition) is 8. The first-order valence-electron chi connectivity index (χ1n) is 10.8. The zero-order valence-corrected chi connectivity index (χ0v) is 19.7. The number of aliphatic hydroxyl groups excluding tert-OH is 1. The van der Waals surface area contributed by atoms with Crippen molar-refractivity contribution < 1.29 is 39.2 Å². The number of carbonyl (C=O) groups excluding carboxylic acids is 3. The maximum Gasteiger partial charge on any atom is 0.322 e. The number of carboxylic acid groups (broad SMARTS) is 1. The van der Waals surface area contributed by atoms with E-state index in [0.29, 0.717) is 0 Å². The lowest BCUT2D eigenvalue weighted by molar-refractivity contribution is -0.140. The molecule has 12 heteroatoms. The smallest absolute Gasteiger partial charge is 0.322 e. The monoisotopic (exact) mass is 480 g/mol. The maximum atomic E-state index is 13.2. The van der Waals surface area contributed by atoms with Crippen LogP contribution in [0, 0.1) is 5.92 Å². The highest BCUT2D eigenvalue weighted by Gasteiger charge is 2.42. The summed E-state index contributed by atoms with van der Waals surface area (Å²) in [5, 5.41) is 40.2. The number of aliphatic carboxylic acids is 1. The number of phenolic OH excluding ortho intramolecular Hbond substituents is 1. The fourth-order valence-corrected chi connectivity index (χ4v) is 3.59. The molecule has 0 saturated carbocycles. The van der Waals surface area contributed by atoms with E-state index >= 15 is 0 Å². The van der Waals surface area contributed by atoms with Gasteiger partial charge in [0.2, 0.25) is 17.7 Å². The summed E-state index contributed by atoms with van der Waals surface area (Å²) in [7, 11) is 1.47. The third-order valence-corrected chi connectivity index (χ3v) is 5.51. The van der Waals surface area contributed by atoms with Gasteiger partial charge >= 0.3 is 5.97 Å². The Morgan fingerprint density at radius 2 is 1.82 bits per heavy atom. The van der Waals surface area contributed by atoms with Crippen LogP contribution in [0.25, 0.3) is 0 Å². The van der Waals surface area contributed by atoms with Gasteiger partial charge in [-0.25, -0.2) is 0 Å². The summed E-state index contributed by atoms with van der Waals surface area (Å²) in [6.45, 7) is 5.63. The molecule has 12 nitrogen and oxygen atoms in total. The van der Waals surface area contributed by atoms with E-state index in [4.69, 9.17) is 9.84 Å². The molecule has 0 fully saturated rings. The fourth-order valence-electron chi connectivity index (χ4n) is 3.59. The zero-order valence-electron chi connectivity index (χ0n) is 19.7. The topological polar surface area (TPSA) is 186 Å². The minimum Gasteiger partial charge on any atom is -0.504 e. The number of benzene rings is 1.